The molecule has 0 aromatic heterocycles. The molecule has 0 aliphatic carbocycles. The quantitative estimate of drug-likeness (QED) is 0.657. The van der Waals surface area contributed by atoms with Gasteiger partial charge in [0.1, 0.15) is 0 Å². The van der Waals surface area contributed by atoms with Crippen molar-refractivity contribution in [1.29, 1.82) is 0 Å². The number of nitrogens with two attached hydrogens (primary N) is 1. The third-order valence-corrected chi connectivity index (χ3v) is 3.58. The SMILES string of the molecule is CN1CCC(O)(C(C)(C)CN)CC1. The lowest BCUT2D eigenvalue weighted by Crippen LogP contribution is -2.54. The molecule has 3 nitrogen and oxygen atoms in total. The maximum absolute atomic E-state index is 10.4. The molecule has 1 heterocycles. The Hall–Kier alpha value is -0.120. The molecule has 0 aromatic rings. The van der Waals surface area contributed by atoms with E-state index in [4.69, 9.17) is 5.73 Å². The molecule has 1 aliphatic rings. The summed E-state index contributed by atoms with van der Waals surface area (Å²) in [6, 6.07) is 0. The second kappa shape index (κ2) is 3.56. The van der Waals surface area contributed by atoms with Gasteiger partial charge in [0.15, 0.2) is 0 Å². The molecule has 1 fully saturated rings. The van der Waals surface area contributed by atoms with Crippen LogP contribution in [0.15, 0.2) is 0 Å². The minimum atomic E-state index is -0.561. The average Bonchev–Trinajstić information content (AvgIpc) is 2.10. The van der Waals surface area contributed by atoms with Crippen LogP contribution in [0, 0.1) is 5.41 Å². The fourth-order valence-corrected chi connectivity index (χ4v) is 1.86. The van der Waals surface area contributed by atoms with Gasteiger partial charge >= 0.3 is 0 Å². The Kier molecular flexibility index (Phi) is 3.00. The van der Waals surface area contributed by atoms with Gasteiger partial charge < -0.3 is 15.7 Å². The van der Waals surface area contributed by atoms with Gasteiger partial charge in [-0.05, 0) is 19.9 Å². The summed E-state index contributed by atoms with van der Waals surface area (Å²) in [5.74, 6) is 0. The first-order chi connectivity index (χ1) is 5.91. The van der Waals surface area contributed by atoms with E-state index in [9.17, 15) is 5.11 Å². The van der Waals surface area contributed by atoms with Gasteiger partial charge in [-0.15, -0.1) is 0 Å². The molecule has 3 heteroatoms. The number of nitrogens with zero attached hydrogens (tertiary/aromatic N) is 1. The molecule has 13 heavy (non-hydrogen) atoms. The summed E-state index contributed by atoms with van der Waals surface area (Å²) in [5, 5.41) is 10.4. The summed E-state index contributed by atoms with van der Waals surface area (Å²) in [6.45, 7) is 6.60. The molecule has 1 rings (SSSR count). The number of hydrogen-bond donors (Lipinski definition) is 2. The van der Waals surface area contributed by atoms with Crippen molar-refractivity contribution in [2.45, 2.75) is 32.3 Å². The second-order valence-corrected chi connectivity index (χ2v) is 4.92. The van der Waals surface area contributed by atoms with Crippen molar-refractivity contribution in [2.24, 2.45) is 11.1 Å². The Morgan fingerprint density at radius 2 is 1.85 bits per heavy atom. The molecule has 0 aromatic carbocycles. The largest absolute Gasteiger partial charge is 0.389 e. The Balaban J connectivity index is 2.66. The first kappa shape index (κ1) is 11.0. The van der Waals surface area contributed by atoms with Crippen LogP contribution >= 0.6 is 0 Å². The zero-order valence-corrected chi connectivity index (χ0v) is 9.01. The van der Waals surface area contributed by atoms with Crippen molar-refractivity contribution in [3.8, 4) is 0 Å². The van der Waals surface area contributed by atoms with Crippen molar-refractivity contribution in [1.82, 2.24) is 4.90 Å². The monoisotopic (exact) mass is 186 g/mol. The molecule has 0 spiro atoms. The highest BCUT2D eigenvalue weighted by molar-refractivity contribution is 4.97. The summed E-state index contributed by atoms with van der Waals surface area (Å²) in [7, 11) is 2.09. The van der Waals surface area contributed by atoms with E-state index < -0.39 is 5.60 Å². The third-order valence-electron chi connectivity index (χ3n) is 3.58. The first-order valence-corrected chi connectivity index (χ1v) is 5.02. The highest BCUT2D eigenvalue weighted by atomic mass is 16.3. The highest BCUT2D eigenvalue weighted by Gasteiger charge is 2.43. The molecule has 0 atom stereocenters. The van der Waals surface area contributed by atoms with Crippen LogP contribution in [0.3, 0.4) is 0 Å². The van der Waals surface area contributed by atoms with Crippen molar-refractivity contribution in [2.75, 3.05) is 26.7 Å². The van der Waals surface area contributed by atoms with Gasteiger partial charge in [0.25, 0.3) is 0 Å². The Labute approximate surface area is 80.9 Å². The van der Waals surface area contributed by atoms with Gasteiger partial charge in [-0.25, -0.2) is 0 Å². The van der Waals surface area contributed by atoms with Gasteiger partial charge in [0.05, 0.1) is 5.60 Å². The minimum Gasteiger partial charge on any atom is -0.389 e. The van der Waals surface area contributed by atoms with E-state index in [1.165, 1.54) is 0 Å². The summed E-state index contributed by atoms with van der Waals surface area (Å²) in [4.78, 5) is 2.25. The van der Waals surface area contributed by atoms with Crippen LogP contribution in [0.2, 0.25) is 0 Å². The van der Waals surface area contributed by atoms with Crippen molar-refractivity contribution < 1.29 is 5.11 Å². The average molecular weight is 186 g/mol. The normalized spacial score (nSPS) is 24.7. The smallest absolute Gasteiger partial charge is 0.0734 e. The first-order valence-electron chi connectivity index (χ1n) is 5.02. The van der Waals surface area contributed by atoms with E-state index in [2.05, 4.69) is 25.8 Å². The van der Waals surface area contributed by atoms with E-state index in [-0.39, 0.29) is 5.41 Å². The van der Waals surface area contributed by atoms with E-state index in [0.717, 1.165) is 25.9 Å². The number of piperidine rings is 1. The molecule has 1 aliphatic heterocycles. The molecule has 3 N–H and O–H groups in total. The molecule has 0 radical (unpaired) electrons. The molecular weight excluding hydrogens is 164 g/mol. The van der Waals surface area contributed by atoms with Gasteiger partial charge in [-0.3, -0.25) is 0 Å². The fraction of sp³-hybridized carbons (Fsp3) is 1.00. The third kappa shape index (κ3) is 2.03. The molecule has 0 amide bonds. The fourth-order valence-electron chi connectivity index (χ4n) is 1.86. The summed E-state index contributed by atoms with van der Waals surface area (Å²) < 4.78 is 0. The van der Waals surface area contributed by atoms with E-state index in [1.54, 1.807) is 0 Å². The van der Waals surface area contributed by atoms with Crippen molar-refractivity contribution >= 4 is 0 Å². The van der Waals surface area contributed by atoms with E-state index >= 15 is 0 Å². The standard InChI is InChI=1S/C10H22N2O/c1-9(2,8-11)10(13)4-6-12(3)7-5-10/h13H,4-8,11H2,1-3H3. The molecule has 78 valence electrons. The Bertz CT molecular complexity index is 172. The summed E-state index contributed by atoms with van der Waals surface area (Å²) >= 11 is 0. The van der Waals surface area contributed by atoms with E-state index in [0.29, 0.717) is 6.54 Å². The van der Waals surface area contributed by atoms with Crippen LogP contribution in [0.5, 0.6) is 0 Å². The molecular formula is C10H22N2O. The number of aliphatic hydroxyl groups is 1. The van der Waals surface area contributed by atoms with Gasteiger partial charge in [-0.2, -0.15) is 0 Å². The topological polar surface area (TPSA) is 49.5 Å². The minimum absolute atomic E-state index is 0.158. The molecule has 0 unspecified atom stereocenters. The van der Waals surface area contributed by atoms with Crippen LogP contribution in [0.25, 0.3) is 0 Å². The molecule has 0 bridgehead atoms. The van der Waals surface area contributed by atoms with Crippen LogP contribution in [0.1, 0.15) is 26.7 Å². The van der Waals surface area contributed by atoms with Gasteiger partial charge in [-0.1, -0.05) is 13.8 Å². The maximum atomic E-state index is 10.4. The summed E-state index contributed by atoms with van der Waals surface area (Å²) in [6.07, 6.45) is 1.68. The van der Waals surface area contributed by atoms with Crippen LogP contribution in [0.4, 0.5) is 0 Å². The number of rotatable bonds is 2. The lowest BCUT2D eigenvalue weighted by molar-refractivity contribution is -0.0995. The highest BCUT2D eigenvalue weighted by Crippen LogP contribution is 2.37. The Morgan fingerprint density at radius 1 is 1.38 bits per heavy atom. The number of likely N-dealkylation sites (tertiary alicyclic amines) is 1. The van der Waals surface area contributed by atoms with Crippen LogP contribution in [-0.2, 0) is 0 Å². The predicted molar refractivity (Wildman–Crippen MR) is 54.5 cm³/mol. The van der Waals surface area contributed by atoms with Crippen LogP contribution < -0.4 is 5.73 Å². The van der Waals surface area contributed by atoms with Crippen molar-refractivity contribution in [3.63, 3.8) is 0 Å². The second-order valence-electron chi connectivity index (χ2n) is 4.92. The summed E-state index contributed by atoms with van der Waals surface area (Å²) in [5.41, 5.74) is 4.96. The lowest BCUT2D eigenvalue weighted by Gasteiger charge is -2.46. The van der Waals surface area contributed by atoms with Gasteiger partial charge in [0, 0.05) is 25.0 Å². The molecule has 1 saturated heterocycles. The molecule has 0 saturated carbocycles. The number of hydrogen-bond acceptors (Lipinski definition) is 3. The van der Waals surface area contributed by atoms with Gasteiger partial charge in [0.2, 0.25) is 0 Å². The van der Waals surface area contributed by atoms with Crippen molar-refractivity contribution in [3.05, 3.63) is 0 Å². The van der Waals surface area contributed by atoms with Crippen LogP contribution in [-0.4, -0.2) is 42.3 Å². The maximum Gasteiger partial charge on any atom is 0.0734 e. The lowest BCUT2D eigenvalue weighted by atomic mass is 9.69. The Morgan fingerprint density at radius 3 is 2.23 bits per heavy atom. The zero-order chi connectivity index (χ0) is 10.1. The zero-order valence-electron chi connectivity index (χ0n) is 9.01. The predicted octanol–water partition coefficient (Wildman–Crippen LogP) is 0.428. The van der Waals surface area contributed by atoms with E-state index in [1.807, 2.05) is 0 Å².